The third-order valence-corrected chi connectivity index (χ3v) is 3.80. The average molecular weight is 214 g/mol. The van der Waals surface area contributed by atoms with E-state index in [1.54, 1.807) is 6.07 Å². The SMILES string of the molecule is CC1=C2c3ccc(O)cc3CC2CCC1=O. The summed E-state index contributed by atoms with van der Waals surface area (Å²) in [5.74, 6) is 1.10. The summed E-state index contributed by atoms with van der Waals surface area (Å²) < 4.78 is 0. The Labute approximate surface area is 94.6 Å². The van der Waals surface area contributed by atoms with Crippen molar-refractivity contribution >= 4 is 11.4 Å². The molecule has 82 valence electrons. The van der Waals surface area contributed by atoms with Gasteiger partial charge < -0.3 is 5.11 Å². The Bertz CT molecular complexity index is 511. The normalized spacial score (nSPS) is 23.3. The van der Waals surface area contributed by atoms with Crippen LogP contribution in [0.25, 0.3) is 5.57 Å². The molecule has 2 nitrogen and oxygen atoms in total. The predicted molar refractivity (Wildman–Crippen MR) is 62.1 cm³/mol. The number of aromatic hydroxyl groups is 1. The number of phenolic OH excluding ortho intramolecular Hbond substituents is 1. The van der Waals surface area contributed by atoms with E-state index >= 15 is 0 Å². The Morgan fingerprint density at radius 1 is 1.38 bits per heavy atom. The predicted octanol–water partition coefficient (Wildman–Crippen LogP) is 2.70. The van der Waals surface area contributed by atoms with Crippen LogP contribution in [0.1, 0.15) is 30.9 Å². The number of hydrogen-bond acceptors (Lipinski definition) is 2. The van der Waals surface area contributed by atoms with Crippen LogP contribution in [0.15, 0.2) is 23.8 Å². The first-order chi connectivity index (χ1) is 7.66. The number of fused-ring (bicyclic) bond motifs is 3. The first-order valence-electron chi connectivity index (χ1n) is 5.73. The smallest absolute Gasteiger partial charge is 0.158 e. The Morgan fingerprint density at radius 2 is 2.19 bits per heavy atom. The number of ketones is 1. The minimum Gasteiger partial charge on any atom is -0.508 e. The maximum absolute atomic E-state index is 11.7. The van der Waals surface area contributed by atoms with Crippen LogP contribution in [0.5, 0.6) is 5.75 Å². The number of Topliss-reactive ketones (excluding diaryl/α,β-unsaturated/α-hetero) is 1. The number of benzene rings is 1. The molecule has 1 aromatic rings. The summed E-state index contributed by atoms with van der Waals surface area (Å²) >= 11 is 0. The second-order valence-electron chi connectivity index (χ2n) is 4.74. The van der Waals surface area contributed by atoms with Gasteiger partial charge in [0.15, 0.2) is 5.78 Å². The van der Waals surface area contributed by atoms with Crippen LogP contribution in [-0.2, 0) is 11.2 Å². The van der Waals surface area contributed by atoms with Gasteiger partial charge in [-0.25, -0.2) is 0 Å². The maximum Gasteiger partial charge on any atom is 0.158 e. The molecule has 0 spiro atoms. The number of phenols is 1. The fourth-order valence-corrected chi connectivity index (χ4v) is 3.00. The van der Waals surface area contributed by atoms with Gasteiger partial charge in [-0.2, -0.15) is 0 Å². The Kier molecular flexibility index (Phi) is 1.93. The lowest BCUT2D eigenvalue weighted by Crippen LogP contribution is -2.14. The molecule has 0 radical (unpaired) electrons. The van der Waals surface area contributed by atoms with E-state index in [4.69, 9.17) is 0 Å². The lowest BCUT2D eigenvalue weighted by atomic mass is 9.83. The van der Waals surface area contributed by atoms with Crippen molar-refractivity contribution in [3.8, 4) is 5.75 Å². The molecule has 1 atom stereocenters. The van der Waals surface area contributed by atoms with E-state index in [0.29, 0.717) is 18.1 Å². The Hall–Kier alpha value is -1.57. The zero-order chi connectivity index (χ0) is 11.3. The first kappa shape index (κ1) is 9.64. The highest BCUT2D eigenvalue weighted by Gasteiger charge is 2.33. The van der Waals surface area contributed by atoms with Crippen molar-refractivity contribution in [2.75, 3.05) is 0 Å². The van der Waals surface area contributed by atoms with Crippen molar-refractivity contribution in [2.24, 2.45) is 5.92 Å². The summed E-state index contributed by atoms with van der Waals surface area (Å²) in [6, 6.07) is 5.49. The number of rotatable bonds is 0. The summed E-state index contributed by atoms with van der Waals surface area (Å²) in [6.45, 7) is 1.94. The van der Waals surface area contributed by atoms with Crippen molar-refractivity contribution in [1.82, 2.24) is 0 Å². The molecule has 1 unspecified atom stereocenters. The van der Waals surface area contributed by atoms with E-state index in [0.717, 1.165) is 18.4 Å². The van der Waals surface area contributed by atoms with Crippen LogP contribution in [0.4, 0.5) is 0 Å². The highest BCUT2D eigenvalue weighted by Crippen LogP contribution is 2.45. The zero-order valence-electron chi connectivity index (χ0n) is 9.29. The summed E-state index contributed by atoms with van der Waals surface area (Å²) in [5, 5.41) is 9.46. The lowest BCUT2D eigenvalue weighted by molar-refractivity contribution is -0.116. The van der Waals surface area contributed by atoms with Gasteiger partial charge in [0.2, 0.25) is 0 Å². The first-order valence-corrected chi connectivity index (χ1v) is 5.73. The number of hydrogen-bond donors (Lipinski definition) is 1. The van der Waals surface area contributed by atoms with Crippen LogP contribution in [-0.4, -0.2) is 10.9 Å². The molecule has 2 aliphatic rings. The molecular formula is C14H14O2. The molecule has 0 amide bonds. The summed E-state index contributed by atoms with van der Waals surface area (Å²) in [5.41, 5.74) is 4.52. The average Bonchev–Trinajstić information content (AvgIpc) is 2.61. The molecule has 0 aromatic heterocycles. The highest BCUT2D eigenvalue weighted by molar-refractivity contribution is 6.05. The molecule has 2 heteroatoms. The van der Waals surface area contributed by atoms with Crippen molar-refractivity contribution in [3.63, 3.8) is 0 Å². The van der Waals surface area contributed by atoms with Crippen molar-refractivity contribution in [2.45, 2.75) is 26.2 Å². The number of allylic oxidation sites excluding steroid dienone is 2. The minimum atomic E-state index is 0.284. The van der Waals surface area contributed by atoms with Gasteiger partial charge >= 0.3 is 0 Å². The van der Waals surface area contributed by atoms with Gasteiger partial charge in [0.25, 0.3) is 0 Å². The third-order valence-electron chi connectivity index (χ3n) is 3.80. The van der Waals surface area contributed by atoms with Gasteiger partial charge in [0, 0.05) is 6.42 Å². The van der Waals surface area contributed by atoms with Crippen LogP contribution in [0.3, 0.4) is 0 Å². The molecule has 3 rings (SSSR count). The molecule has 0 fully saturated rings. The second kappa shape index (κ2) is 3.21. The number of carbonyl (C=O) groups excluding carboxylic acids is 1. The summed E-state index contributed by atoms with van der Waals surface area (Å²) in [6.07, 6.45) is 2.62. The van der Waals surface area contributed by atoms with E-state index in [1.165, 1.54) is 16.7 Å². The topological polar surface area (TPSA) is 37.3 Å². The van der Waals surface area contributed by atoms with E-state index in [2.05, 4.69) is 0 Å². The molecule has 16 heavy (non-hydrogen) atoms. The molecule has 0 aliphatic heterocycles. The Balaban J connectivity index is 2.20. The number of carbonyl (C=O) groups is 1. The molecule has 0 heterocycles. The van der Waals surface area contributed by atoms with Gasteiger partial charge in [-0.3, -0.25) is 4.79 Å². The van der Waals surface area contributed by atoms with Crippen molar-refractivity contribution < 1.29 is 9.90 Å². The van der Waals surface area contributed by atoms with E-state index in [-0.39, 0.29) is 5.78 Å². The highest BCUT2D eigenvalue weighted by atomic mass is 16.3. The second-order valence-corrected chi connectivity index (χ2v) is 4.74. The summed E-state index contributed by atoms with van der Waals surface area (Å²) in [4.78, 5) is 11.7. The fraction of sp³-hybridized carbons (Fsp3) is 0.357. The van der Waals surface area contributed by atoms with Gasteiger partial charge in [-0.1, -0.05) is 6.07 Å². The lowest BCUT2D eigenvalue weighted by Gasteiger charge is -2.20. The molecule has 0 bridgehead atoms. The molecular weight excluding hydrogens is 200 g/mol. The van der Waals surface area contributed by atoms with Crippen molar-refractivity contribution in [3.05, 3.63) is 34.9 Å². The van der Waals surface area contributed by atoms with E-state index in [1.807, 2.05) is 19.1 Å². The minimum absolute atomic E-state index is 0.284. The Morgan fingerprint density at radius 3 is 3.00 bits per heavy atom. The van der Waals surface area contributed by atoms with Crippen LogP contribution in [0.2, 0.25) is 0 Å². The molecule has 2 aliphatic carbocycles. The zero-order valence-corrected chi connectivity index (χ0v) is 9.29. The monoisotopic (exact) mass is 214 g/mol. The molecule has 1 aromatic carbocycles. The van der Waals surface area contributed by atoms with Gasteiger partial charge in [0.1, 0.15) is 5.75 Å². The van der Waals surface area contributed by atoms with Crippen LogP contribution in [0, 0.1) is 5.92 Å². The quantitative estimate of drug-likeness (QED) is 0.721. The standard InChI is InChI=1S/C14H14O2/c1-8-13(16)5-2-9-6-10-7-11(15)3-4-12(10)14(8)9/h3-4,7,9,15H,2,5-6H2,1H3. The molecule has 0 saturated carbocycles. The van der Waals surface area contributed by atoms with Crippen LogP contribution < -0.4 is 0 Å². The van der Waals surface area contributed by atoms with Crippen LogP contribution >= 0.6 is 0 Å². The van der Waals surface area contributed by atoms with Gasteiger partial charge in [-0.15, -0.1) is 0 Å². The van der Waals surface area contributed by atoms with Gasteiger partial charge in [0.05, 0.1) is 0 Å². The summed E-state index contributed by atoms with van der Waals surface area (Å²) in [7, 11) is 0. The fourth-order valence-electron chi connectivity index (χ4n) is 3.00. The van der Waals surface area contributed by atoms with E-state index < -0.39 is 0 Å². The van der Waals surface area contributed by atoms with Gasteiger partial charge in [-0.05, 0) is 60.1 Å². The van der Waals surface area contributed by atoms with E-state index in [9.17, 15) is 9.90 Å². The molecule has 1 N–H and O–H groups in total. The van der Waals surface area contributed by atoms with Crippen molar-refractivity contribution in [1.29, 1.82) is 0 Å². The third kappa shape index (κ3) is 1.22. The molecule has 0 saturated heterocycles. The largest absolute Gasteiger partial charge is 0.508 e. The maximum atomic E-state index is 11.7.